The van der Waals surface area contributed by atoms with Crippen molar-refractivity contribution in [2.45, 2.75) is 110 Å². The van der Waals surface area contributed by atoms with Crippen LogP contribution in [0.5, 0.6) is 0 Å². The molecule has 182 valence electrons. The third-order valence-electron chi connectivity index (χ3n) is 9.51. The van der Waals surface area contributed by atoms with E-state index in [2.05, 4.69) is 27.7 Å². The summed E-state index contributed by atoms with van der Waals surface area (Å²) in [7, 11) is 0. The summed E-state index contributed by atoms with van der Waals surface area (Å²) in [6, 6.07) is 0. The van der Waals surface area contributed by atoms with Crippen molar-refractivity contribution in [3.8, 4) is 0 Å². The molecule has 1 heterocycles. The van der Waals surface area contributed by atoms with Gasteiger partial charge in [0, 0.05) is 5.57 Å². The van der Waals surface area contributed by atoms with Gasteiger partial charge in [-0.15, -0.1) is 0 Å². The lowest BCUT2D eigenvalue weighted by atomic mass is 9.74. The lowest BCUT2D eigenvalue weighted by molar-refractivity contribution is -0.328. The first kappa shape index (κ1) is 24.2. The summed E-state index contributed by atoms with van der Waals surface area (Å²) in [5, 5.41) is 21.2. The van der Waals surface area contributed by atoms with Crippen LogP contribution in [0.2, 0.25) is 0 Å². The van der Waals surface area contributed by atoms with Gasteiger partial charge in [0.15, 0.2) is 12.4 Å². The van der Waals surface area contributed by atoms with Crippen molar-refractivity contribution in [3.05, 3.63) is 11.6 Å². The van der Waals surface area contributed by atoms with E-state index in [0.29, 0.717) is 28.7 Å². The van der Waals surface area contributed by atoms with Gasteiger partial charge in [0.1, 0.15) is 12.2 Å². The molecule has 0 unspecified atom stereocenters. The topological polar surface area (TPSA) is 85.2 Å². The van der Waals surface area contributed by atoms with Crippen LogP contribution in [0.15, 0.2) is 11.6 Å². The van der Waals surface area contributed by atoms with E-state index in [-0.39, 0.29) is 0 Å². The zero-order chi connectivity index (χ0) is 23.6. The molecule has 4 rings (SSSR count). The number of ether oxygens (including phenoxy) is 3. The first-order chi connectivity index (χ1) is 14.9. The molecule has 1 saturated heterocycles. The Morgan fingerprint density at radius 1 is 1.06 bits per heavy atom. The minimum Gasteiger partial charge on any atom is -0.451 e. The molecule has 0 aromatic rings. The Morgan fingerprint density at radius 3 is 2.41 bits per heavy atom. The molecule has 3 aliphatic carbocycles. The van der Waals surface area contributed by atoms with Gasteiger partial charge in [0.05, 0.1) is 11.7 Å². The van der Waals surface area contributed by atoms with Crippen LogP contribution in [0.3, 0.4) is 0 Å². The monoisotopic (exact) mass is 450 g/mol. The van der Waals surface area contributed by atoms with Crippen LogP contribution in [0, 0.1) is 35.0 Å². The molecule has 0 bridgehead atoms. The van der Waals surface area contributed by atoms with Crippen LogP contribution in [-0.2, 0) is 19.0 Å². The molecule has 2 N–H and O–H groups in total. The smallest absolute Gasteiger partial charge is 0.333 e. The van der Waals surface area contributed by atoms with Gasteiger partial charge in [-0.1, -0.05) is 33.3 Å². The van der Waals surface area contributed by atoms with Crippen LogP contribution >= 0.6 is 0 Å². The highest BCUT2D eigenvalue weighted by atomic mass is 16.7. The average Bonchev–Trinajstić information content (AvgIpc) is 3.11. The van der Waals surface area contributed by atoms with Gasteiger partial charge in [0.25, 0.3) is 0 Å². The van der Waals surface area contributed by atoms with Gasteiger partial charge in [0.2, 0.25) is 0 Å². The summed E-state index contributed by atoms with van der Waals surface area (Å²) >= 11 is 0. The van der Waals surface area contributed by atoms with Gasteiger partial charge >= 0.3 is 5.97 Å². The van der Waals surface area contributed by atoms with Crippen molar-refractivity contribution in [2.75, 3.05) is 0 Å². The Balaban J connectivity index is 1.59. The molecule has 1 aliphatic heterocycles. The summed E-state index contributed by atoms with van der Waals surface area (Å²) in [5.41, 5.74) is 0.420. The Hall–Kier alpha value is -0.950. The highest BCUT2D eigenvalue weighted by molar-refractivity contribution is 5.87. The second-order valence-electron chi connectivity index (χ2n) is 11.7. The lowest BCUT2D eigenvalue weighted by Crippen LogP contribution is -2.61. The molecule has 3 saturated carbocycles. The Bertz CT molecular complexity index is 761. The molecular formula is C26H42O6. The van der Waals surface area contributed by atoms with Crippen molar-refractivity contribution in [1.29, 1.82) is 0 Å². The van der Waals surface area contributed by atoms with E-state index in [9.17, 15) is 15.0 Å². The number of rotatable bonds is 4. The predicted molar refractivity (Wildman–Crippen MR) is 121 cm³/mol. The third-order valence-corrected chi connectivity index (χ3v) is 9.51. The van der Waals surface area contributed by atoms with E-state index >= 15 is 0 Å². The van der Waals surface area contributed by atoms with Crippen molar-refractivity contribution in [1.82, 2.24) is 0 Å². The number of carbonyl (C=O) groups is 1. The molecule has 11 atom stereocenters. The van der Waals surface area contributed by atoms with E-state index in [1.54, 1.807) is 26.8 Å². The van der Waals surface area contributed by atoms with Gasteiger partial charge in [-0.2, -0.15) is 0 Å². The zero-order valence-electron chi connectivity index (χ0n) is 20.7. The quantitative estimate of drug-likeness (QED) is 0.500. The van der Waals surface area contributed by atoms with Crippen molar-refractivity contribution in [3.63, 3.8) is 0 Å². The highest BCUT2D eigenvalue weighted by Gasteiger charge is 2.67. The molecule has 6 heteroatoms. The van der Waals surface area contributed by atoms with Crippen LogP contribution in [0.4, 0.5) is 0 Å². The lowest BCUT2D eigenvalue weighted by Gasteiger charge is -2.47. The molecule has 0 amide bonds. The molecule has 0 aromatic heterocycles. The normalized spacial score (nSPS) is 50.2. The fourth-order valence-electron chi connectivity index (χ4n) is 7.24. The van der Waals surface area contributed by atoms with E-state index < -0.39 is 42.3 Å². The van der Waals surface area contributed by atoms with E-state index in [4.69, 9.17) is 14.2 Å². The zero-order valence-corrected chi connectivity index (χ0v) is 20.7. The van der Waals surface area contributed by atoms with Crippen LogP contribution in [0.1, 0.15) is 74.1 Å². The first-order valence-electron chi connectivity index (χ1n) is 12.5. The number of hydrogen-bond acceptors (Lipinski definition) is 6. The minimum atomic E-state index is -1.27. The summed E-state index contributed by atoms with van der Waals surface area (Å²) in [4.78, 5) is 12.5. The number of aliphatic hydroxyl groups is 2. The van der Waals surface area contributed by atoms with Gasteiger partial charge in [-0.05, 0) is 82.0 Å². The van der Waals surface area contributed by atoms with E-state index in [0.717, 1.165) is 31.1 Å². The minimum absolute atomic E-state index is 0.404. The summed E-state index contributed by atoms with van der Waals surface area (Å²) in [6.07, 6.45) is 1.01. The number of allylic oxidation sites excluding steroid dienone is 1. The van der Waals surface area contributed by atoms with Gasteiger partial charge in [-0.25, -0.2) is 4.79 Å². The SMILES string of the molecule is C/C=C(/C)C(=O)O[C@H]1[C@@H](O[C@]2(C)CC[C@@H]3[C@H]([C@H]4[C@@H](C)CC[C@@H]42)C3(C)C)O[C@@H](C)[C@@H](O)[C@H]1O. The van der Waals surface area contributed by atoms with Crippen molar-refractivity contribution in [2.24, 2.45) is 35.0 Å². The number of hydrogen-bond donors (Lipinski definition) is 2. The van der Waals surface area contributed by atoms with Crippen LogP contribution in [0.25, 0.3) is 0 Å². The third kappa shape index (κ3) is 3.85. The van der Waals surface area contributed by atoms with Crippen LogP contribution < -0.4 is 0 Å². The second kappa shape index (κ2) is 8.37. The highest BCUT2D eigenvalue weighted by Crippen LogP contribution is 2.71. The largest absolute Gasteiger partial charge is 0.451 e. The summed E-state index contributed by atoms with van der Waals surface area (Å²) < 4.78 is 18.4. The Kier molecular flexibility index (Phi) is 6.32. The maximum atomic E-state index is 12.5. The second-order valence-corrected chi connectivity index (χ2v) is 11.7. The van der Waals surface area contributed by atoms with Crippen LogP contribution in [-0.4, -0.2) is 52.5 Å². The number of aliphatic hydroxyl groups excluding tert-OH is 2. The Labute approximate surface area is 192 Å². The van der Waals surface area contributed by atoms with E-state index in [1.807, 2.05) is 0 Å². The molecule has 4 aliphatic rings. The maximum Gasteiger partial charge on any atom is 0.333 e. The molecular weight excluding hydrogens is 408 g/mol. The molecule has 32 heavy (non-hydrogen) atoms. The summed E-state index contributed by atoms with van der Waals surface area (Å²) in [5.74, 6) is 2.62. The molecule has 4 fully saturated rings. The van der Waals surface area contributed by atoms with E-state index in [1.165, 1.54) is 6.42 Å². The number of carbonyl (C=O) groups excluding carboxylic acids is 1. The fourth-order valence-corrected chi connectivity index (χ4v) is 7.24. The first-order valence-corrected chi connectivity index (χ1v) is 12.5. The van der Waals surface area contributed by atoms with Gasteiger partial charge < -0.3 is 24.4 Å². The number of esters is 1. The molecule has 6 nitrogen and oxygen atoms in total. The van der Waals surface area contributed by atoms with Crippen molar-refractivity contribution >= 4 is 5.97 Å². The number of fused-ring (bicyclic) bond motifs is 3. The standard InChI is InChI=1S/C26H42O6/c1-8-13(2)23(29)31-22-21(28)20(27)15(4)30-24(22)32-26(7)12-11-17-19(25(17,5)6)18-14(3)9-10-16(18)26/h8,14-22,24,27-28H,9-12H2,1-7H3/b13-8-/t14-,15-,16-,17+,18-,19+,20+,21+,22+,24+,26+/m0/s1. The molecule has 0 aromatic carbocycles. The summed E-state index contributed by atoms with van der Waals surface area (Å²) in [6.45, 7) is 14.5. The van der Waals surface area contributed by atoms with Crippen molar-refractivity contribution < 1.29 is 29.2 Å². The molecule has 0 spiro atoms. The van der Waals surface area contributed by atoms with Gasteiger partial charge in [-0.3, -0.25) is 0 Å². The molecule has 0 radical (unpaired) electrons. The predicted octanol–water partition coefficient (Wildman–Crippen LogP) is 3.83. The fraction of sp³-hybridized carbons (Fsp3) is 0.885. The maximum absolute atomic E-state index is 12.5. The average molecular weight is 451 g/mol. The Morgan fingerprint density at radius 2 is 1.75 bits per heavy atom.